The summed E-state index contributed by atoms with van der Waals surface area (Å²) in [5, 5.41) is 4.18. The van der Waals surface area contributed by atoms with Gasteiger partial charge in [-0.05, 0) is 55.5 Å². The van der Waals surface area contributed by atoms with E-state index >= 15 is 0 Å². The highest BCUT2D eigenvalue weighted by Crippen LogP contribution is 2.32. The van der Waals surface area contributed by atoms with E-state index in [0.717, 1.165) is 10.9 Å². The Morgan fingerprint density at radius 3 is 2.22 bits per heavy atom. The summed E-state index contributed by atoms with van der Waals surface area (Å²) in [6, 6.07) is 17.0. The molecule has 1 heterocycles. The van der Waals surface area contributed by atoms with Gasteiger partial charge in [0.25, 0.3) is 5.91 Å². The Morgan fingerprint density at radius 1 is 0.938 bits per heavy atom. The van der Waals surface area contributed by atoms with E-state index in [-0.39, 0.29) is 23.0 Å². The molecule has 0 saturated heterocycles. The number of carbonyl (C=O) groups is 2. The molecule has 162 valence electrons. The standard InChI is InChI=1S/C25H20ClNO5/c1-14-18-12-11-17(27-25(29)22-19(30-2)5-4-6-20(22)31-3)13-21(18)32-24(14)23(28)15-7-9-16(26)10-8-15/h4-13H,1-3H3,(H,27,29). The Labute approximate surface area is 189 Å². The Balaban J connectivity index is 1.66. The second kappa shape index (κ2) is 8.77. The first kappa shape index (κ1) is 21.5. The van der Waals surface area contributed by atoms with Crippen LogP contribution in [0.15, 0.2) is 65.1 Å². The number of benzene rings is 3. The highest BCUT2D eigenvalue weighted by Gasteiger charge is 2.21. The van der Waals surface area contributed by atoms with Crippen molar-refractivity contribution in [3.05, 3.63) is 88.1 Å². The molecule has 6 nitrogen and oxygen atoms in total. The molecule has 0 fully saturated rings. The number of halogens is 1. The quantitative estimate of drug-likeness (QED) is 0.371. The average molecular weight is 450 g/mol. The van der Waals surface area contributed by atoms with Crippen LogP contribution in [0, 0.1) is 6.92 Å². The van der Waals surface area contributed by atoms with Crippen molar-refractivity contribution in [2.75, 3.05) is 19.5 Å². The third-order valence-electron chi connectivity index (χ3n) is 5.16. The number of aryl methyl sites for hydroxylation is 1. The monoisotopic (exact) mass is 449 g/mol. The number of ether oxygens (including phenoxy) is 2. The van der Waals surface area contributed by atoms with Gasteiger partial charge in [0.1, 0.15) is 22.6 Å². The van der Waals surface area contributed by atoms with E-state index in [0.29, 0.717) is 33.4 Å². The summed E-state index contributed by atoms with van der Waals surface area (Å²) in [4.78, 5) is 25.8. The molecule has 0 bridgehead atoms. The fraction of sp³-hybridized carbons (Fsp3) is 0.120. The van der Waals surface area contributed by atoms with Crippen LogP contribution in [-0.2, 0) is 0 Å². The molecule has 0 unspecified atom stereocenters. The zero-order valence-corrected chi connectivity index (χ0v) is 18.4. The van der Waals surface area contributed by atoms with Gasteiger partial charge >= 0.3 is 0 Å². The number of nitrogens with one attached hydrogen (secondary N) is 1. The van der Waals surface area contributed by atoms with Crippen LogP contribution in [0.4, 0.5) is 5.69 Å². The predicted octanol–water partition coefficient (Wildman–Crippen LogP) is 5.90. The molecule has 0 radical (unpaired) electrons. The topological polar surface area (TPSA) is 77.8 Å². The van der Waals surface area contributed by atoms with Gasteiger partial charge in [0, 0.05) is 33.3 Å². The summed E-state index contributed by atoms with van der Waals surface area (Å²) in [6.45, 7) is 1.83. The predicted molar refractivity (Wildman–Crippen MR) is 123 cm³/mol. The number of carbonyl (C=O) groups excluding carboxylic acids is 2. The van der Waals surface area contributed by atoms with E-state index in [1.807, 2.05) is 13.0 Å². The van der Waals surface area contributed by atoms with Crippen molar-refractivity contribution in [3.63, 3.8) is 0 Å². The Morgan fingerprint density at radius 2 is 1.59 bits per heavy atom. The lowest BCUT2D eigenvalue weighted by molar-refractivity contribution is 0.100. The number of hydrogen-bond donors (Lipinski definition) is 1. The molecule has 0 saturated carbocycles. The van der Waals surface area contributed by atoms with Crippen molar-refractivity contribution in [2.45, 2.75) is 6.92 Å². The Kier molecular flexibility index (Phi) is 5.88. The zero-order chi connectivity index (χ0) is 22.8. The van der Waals surface area contributed by atoms with Crippen molar-refractivity contribution in [2.24, 2.45) is 0 Å². The van der Waals surface area contributed by atoms with Gasteiger partial charge in [-0.3, -0.25) is 9.59 Å². The van der Waals surface area contributed by atoms with Crippen LogP contribution in [0.2, 0.25) is 5.02 Å². The summed E-state index contributed by atoms with van der Waals surface area (Å²) in [5.41, 5.74) is 2.49. The number of amides is 1. The number of fused-ring (bicyclic) bond motifs is 1. The lowest BCUT2D eigenvalue weighted by Gasteiger charge is -2.13. The van der Waals surface area contributed by atoms with Gasteiger partial charge in [-0.1, -0.05) is 17.7 Å². The first-order valence-electron chi connectivity index (χ1n) is 9.78. The van der Waals surface area contributed by atoms with Crippen LogP contribution in [0.5, 0.6) is 11.5 Å². The molecule has 7 heteroatoms. The molecule has 1 aromatic heterocycles. The van der Waals surface area contributed by atoms with Crippen LogP contribution in [-0.4, -0.2) is 25.9 Å². The normalized spacial score (nSPS) is 10.8. The van der Waals surface area contributed by atoms with Crippen molar-refractivity contribution in [1.29, 1.82) is 0 Å². The summed E-state index contributed by atoms with van der Waals surface area (Å²) in [6.07, 6.45) is 0. The fourth-order valence-corrected chi connectivity index (χ4v) is 3.65. The molecule has 0 atom stereocenters. The van der Waals surface area contributed by atoms with Crippen molar-refractivity contribution < 1.29 is 23.5 Å². The number of ketones is 1. The highest BCUT2D eigenvalue weighted by molar-refractivity contribution is 6.30. The van der Waals surface area contributed by atoms with Crippen LogP contribution in [0.25, 0.3) is 11.0 Å². The Hall–Kier alpha value is -3.77. The number of anilines is 1. The molecule has 1 N–H and O–H groups in total. The van der Waals surface area contributed by atoms with E-state index < -0.39 is 0 Å². The van der Waals surface area contributed by atoms with Crippen LogP contribution in [0.3, 0.4) is 0 Å². The summed E-state index contributed by atoms with van der Waals surface area (Å²) < 4.78 is 16.5. The van der Waals surface area contributed by atoms with Gasteiger partial charge in [0.2, 0.25) is 5.78 Å². The molecule has 0 aliphatic rings. The number of hydrogen-bond acceptors (Lipinski definition) is 5. The minimum atomic E-state index is -0.389. The molecule has 0 aliphatic heterocycles. The molecule has 3 aromatic carbocycles. The molecule has 32 heavy (non-hydrogen) atoms. The summed E-state index contributed by atoms with van der Waals surface area (Å²) >= 11 is 5.91. The van der Waals surface area contributed by atoms with Gasteiger partial charge < -0.3 is 19.2 Å². The van der Waals surface area contributed by atoms with E-state index in [4.69, 9.17) is 25.5 Å². The lowest BCUT2D eigenvalue weighted by atomic mass is 10.0. The lowest BCUT2D eigenvalue weighted by Crippen LogP contribution is -2.14. The molecule has 0 aliphatic carbocycles. The molecular weight excluding hydrogens is 430 g/mol. The number of furan rings is 1. The maximum atomic E-state index is 12.9. The summed E-state index contributed by atoms with van der Waals surface area (Å²) in [7, 11) is 2.98. The van der Waals surface area contributed by atoms with Crippen molar-refractivity contribution in [1.82, 2.24) is 0 Å². The van der Waals surface area contributed by atoms with E-state index in [9.17, 15) is 9.59 Å². The maximum Gasteiger partial charge on any atom is 0.263 e. The van der Waals surface area contributed by atoms with Crippen LogP contribution >= 0.6 is 11.6 Å². The van der Waals surface area contributed by atoms with Gasteiger partial charge in [-0.25, -0.2) is 0 Å². The van der Waals surface area contributed by atoms with E-state index in [1.54, 1.807) is 54.6 Å². The van der Waals surface area contributed by atoms with Crippen LogP contribution < -0.4 is 14.8 Å². The molecule has 4 rings (SSSR count). The maximum absolute atomic E-state index is 12.9. The van der Waals surface area contributed by atoms with Crippen molar-refractivity contribution >= 4 is 39.9 Å². The first-order chi connectivity index (χ1) is 15.4. The minimum absolute atomic E-state index is 0.236. The van der Waals surface area contributed by atoms with Gasteiger partial charge in [0.05, 0.1) is 14.2 Å². The minimum Gasteiger partial charge on any atom is -0.496 e. The zero-order valence-electron chi connectivity index (χ0n) is 17.7. The second-order valence-electron chi connectivity index (χ2n) is 7.09. The second-order valence-corrected chi connectivity index (χ2v) is 7.53. The number of rotatable bonds is 6. The van der Waals surface area contributed by atoms with Crippen LogP contribution in [0.1, 0.15) is 32.0 Å². The molecule has 0 spiro atoms. The largest absolute Gasteiger partial charge is 0.496 e. The third kappa shape index (κ3) is 3.92. The smallest absolute Gasteiger partial charge is 0.263 e. The first-order valence-corrected chi connectivity index (χ1v) is 10.2. The van der Waals surface area contributed by atoms with E-state index in [2.05, 4.69) is 5.32 Å². The average Bonchev–Trinajstić information content (AvgIpc) is 3.14. The molecule has 1 amide bonds. The fourth-order valence-electron chi connectivity index (χ4n) is 3.52. The van der Waals surface area contributed by atoms with Gasteiger partial charge in [0.15, 0.2) is 5.76 Å². The Bertz CT molecular complexity index is 1300. The molecule has 4 aromatic rings. The SMILES string of the molecule is COc1cccc(OC)c1C(=O)Nc1ccc2c(C)c(C(=O)c3ccc(Cl)cc3)oc2c1. The molecular formula is C25H20ClNO5. The van der Waals surface area contributed by atoms with Crippen molar-refractivity contribution in [3.8, 4) is 11.5 Å². The summed E-state index contributed by atoms with van der Waals surface area (Å²) in [5.74, 6) is 0.413. The third-order valence-corrected chi connectivity index (χ3v) is 5.42. The van der Waals surface area contributed by atoms with E-state index in [1.165, 1.54) is 14.2 Å². The number of methoxy groups -OCH3 is 2. The van der Waals surface area contributed by atoms with Gasteiger partial charge in [-0.2, -0.15) is 0 Å². The van der Waals surface area contributed by atoms with Gasteiger partial charge in [-0.15, -0.1) is 0 Å². The highest BCUT2D eigenvalue weighted by atomic mass is 35.5.